The van der Waals surface area contributed by atoms with E-state index >= 15 is 0 Å². The first kappa shape index (κ1) is 24.3. The van der Waals surface area contributed by atoms with Gasteiger partial charge in [-0.25, -0.2) is 4.98 Å². The number of aromatic nitrogens is 4. The molecule has 0 aliphatic carbocycles. The summed E-state index contributed by atoms with van der Waals surface area (Å²) in [5.41, 5.74) is 8.91. The molecule has 10 rings (SSSR count). The smallest absolute Gasteiger partial charge is 0.220 e. The van der Waals surface area contributed by atoms with Gasteiger partial charge in [0.25, 0.3) is 0 Å². The number of rotatable bonds is 3. The second-order valence-electron chi connectivity index (χ2n) is 11.6. The fraction of sp³-hybridized carbons (Fsp3) is 0. The van der Waals surface area contributed by atoms with E-state index in [-0.39, 0.29) is 0 Å². The zero-order valence-electron chi connectivity index (χ0n) is 24.3. The van der Waals surface area contributed by atoms with Crippen molar-refractivity contribution in [2.45, 2.75) is 0 Å². The molecule has 0 spiro atoms. The van der Waals surface area contributed by atoms with Crippen LogP contribution in [0.2, 0.25) is 0 Å². The minimum absolute atomic E-state index is 0.871. The van der Waals surface area contributed by atoms with Gasteiger partial charge in [-0.2, -0.15) is 0 Å². The maximum absolute atomic E-state index is 5.36. The van der Waals surface area contributed by atoms with E-state index in [4.69, 9.17) is 4.98 Å². The van der Waals surface area contributed by atoms with Crippen molar-refractivity contribution < 1.29 is 0 Å². The molecule has 4 heteroatoms. The third-order valence-corrected chi connectivity index (χ3v) is 9.22. The molecule has 0 N–H and O–H groups in total. The molecule has 0 aliphatic heterocycles. The molecule has 0 saturated carbocycles. The molecule has 210 valence electrons. The van der Waals surface area contributed by atoms with Crippen LogP contribution < -0.4 is 0 Å². The molecule has 45 heavy (non-hydrogen) atoms. The van der Waals surface area contributed by atoms with Gasteiger partial charge in [-0.15, -0.1) is 0 Å². The van der Waals surface area contributed by atoms with Crippen LogP contribution in [-0.2, 0) is 0 Å². The molecule has 0 saturated heterocycles. The van der Waals surface area contributed by atoms with Crippen LogP contribution in [0, 0.1) is 0 Å². The molecule has 7 aromatic carbocycles. The molecule has 0 atom stereocenters. The third-order valence-electron chi connectivity index (χ3n) is 9.22. The molecule has 0 aliphatic rings. The number of hydrogen-bond acceptors (Lipinski definition) is 1. The van der Waals surface area contributed by atoms with E-state index < -0.39 is 0 Å². The standard InChI is InChI=1S/C41H26N4/c1-3-14-28(15-4-1)43-37-22-12-10-20-35(37)42-41(43)45-36-21-11-9-19-31(36)32-25-26-34-33-24-23-27-13-7-8-18-30(27)38(33)44(39(34)40(32)45)29-16-5-2-6-17-29/h1-26H. The number of nitrogens with zero attached hydrogens (tertiary/aromatic N) is 4. The Hall–Kier alpha value is -6.13. The van der Waals surface area contributed by atoms with Gasteiger partial charge in [0, 0.05) is 38.3 Å². The first-order chi connectivity index (χ1) is 22.4. The number of fused-ring (bicyclic) bond motifs is 10. The topological polar surface area (TPSA) is 27.7 Å². The Kier molecular flexibility index (Phi) is 4.96. The van der Waals surface area contributed by atoms with Crippen LogP contribution in [0.5, 0.6) is 0 Å². The second-order valence-corrected chi connectivity index (χ2v) is 11.6. The van der Waals surface area contributed by atoms with Crippen LogP contribution in [0.1, 0.15) is 0 Å². The van der Waals surface area contributed by atoms with Gasteiger partial charge in [0.05, 0.1) is 33.1 Å². The Morgan fingerprint density at radius 2 is 0.867 bits per heavy atom. The van der Waals surface area contributed by atoms with Crippen molar-refractivity contribution in [3.63, 3.8) is 0 Å². The third kappa shape index (κ3) is 3.34. The molecular weight excluding hydrogens is 548 g/mol. The summed E-state index contributed by atoms with van der Waals surface area (Å²) < 4.78 is 7.16. The number of imidazole rings is 1. The molecule has 0 unspecified atom stereocenters. The van der Waals surface area contributed by atoms with E-state index in [9.17, 15) is 0 Å². The second kappa shape index (κ2) is 9.18. The summed E-state index contributed by atoms with van der Waals surface area (Å²) in [6.07, 6.45) is 0. The van der Waals surface area contributed by atoms with Gasteiger partial charge in [-0.05, 0) is 47.9 Å². The maximum Gasteiger partial charge on any atom is 0.220 e. The van der Waals surface area contributed by atoms with Crippen molar-refractivity contribution in [3.05, 3.63) is 158 Å². The van der Waals surface area contributed by atoms with Gasteiger partial charge in [0.2, 0.25) is 5.95 Å². The van der Waals surface area contributed by atoms with Gasteiger partial charge < -0.3 is 4.57 Å². The van der Waals surface area contributed by atoms with Crippen molar-refractivity contribution in [3.8, 4) is 17.3 Å². The summed E-state index contributed by atoms with van der Waals surface area (Å²) in [5.74, 6) is 0.871. The summed E-state index contributed by atoms with van der Waals surface area (Å²) >= 11 is 0. The maximum atomic E-state index is 5.36. The normalized spacial score (nSPS) is 12.0. The Bertz CT molecular complexity index is 2750. The average Bonchev–Trinajstić information content (AvgIpc) is 3.77. The van der Waals surface area contributed by atoms with Gasteiger partial charge in [0.1, 0.15) is 0 Å². The highest BCUT2D eigenvalue weighted by atomic mass is 15.3. The molecule has 10 aromatic rings. The molecule has 0 fully saturated rings. The lowest BCUT2D eigenvalue weighted by atomic mass is 10.0. The summed E-state index contributed by atoms with van der Waals surface area (Å²) in [6, 6.07) is 56.4. The van der Waals surface area contributed by atoms with E-state index in [1.54, 1.807) is 0 Å². The van der Waals surface area contributed by atoms with Crippen LogP contribution >= 0.6 is 0 Å². The summed E-state index contributed by atoms with van der Waals surface area (Å²) in [4.78, 5) is 5.36. The van der Waals surface area contributed by atoms with Gasteiger partial charge in [-0.3, -0.25) is 9.13 Å². The first-order valence-corrected chi connectivity index (χ1v) is 15.3. The molecule has 3 aromatic heterocycles. The Labute approximate surface area is 258 Å². The predicted octanol–water partition coefficient (Wildman–Crippen LogP) is 10.4. The fourth-order valence-electron chi connectivity index (χ4n) is 7.35. The van der Waals surface area contributed by atoms with Crippen molar-refractivity contribution in [1.82, 2.24) is 18.7 Å². The highest BCUT2D eigenvalue weighted by molar-refractivity contribution is 6.26. The van der Waals surface area contributed by atoms with Gasteiger partial charge in [-0.1, -0.05) is 115 Å². The summed E-state index contributed by atoms with van der Waals surface area (Å²) in [5, 5.41) is 7.33. The highest BCUT2D eigenvalue weighted by Crippen LogP contribution is 2.43. The largest absolute Gasteiger partial charge is 0.307 e. The monoisotopic (exact) mass is 574 g/mol. The quantitative estimate of drug-likeness (QED) is 0.206. The van der Waals surface area contributed by atoms with Gasteiger partial charge >= 0.3 is 0 Å². The van der Waals surface area contributed by atoms with Crippen molar-refractivity contribution in [1.29, 1.82) is 0 Å². The number of benzene rings is 7. The Balaban J connectivity index is 1.49. The Morgan fingerprint density at radius 3 is 1.64 bits per heavy atom. The molecule has 3 heterocycles. The van der Waals surface area contributed by atoms with Crippen molar-refractivity contribution >= 4 is 65.4 Å². The lowest BCUT2D eigenvalue weighted by Crippen LogP contribution is -2.06. The minimum Gasteiger partial charge on any atom is -0.307 e. The molecule has 0 bridgehead atoms. The van der Waals surface area contributed by atoms with Crippen LogP contribution in [0.3, 0.4) is 0 Å². The van der Waals surface area contributed by atoms with Crippen LogP contribution in [0.4, 0.5) is 0 Å². The summed E-state index contributed by atoms with van der Waals surface area (Å²) in [7, 11) is 0. The van der Waals surface area contributed by atoms with E-state index in [0.29, 0.717) is 0 Å². The Morgan fingerprint density at radius 1 is 0.333 bits per heavy atom. The molecule has 0 radical (unpaired) electrons. The fourth-order valence-corrected chi connectivity index (χ4v) is 7.35. The lowest BCUT2D eigenvalue weighted by molar-refractivity contribution is 0.956. The predicted molar refractivity (Wildman–Crippen MR) is 187 cm³/mol. The first-order valence-electron chi connectivity index (χ1n) is 15.3. The van der Waals surface area contributed by atoms with E-state index in [1.807, 2.05) is 0 Å². The van der Waals surface area contributed by atoms with Crippen LogP contribution in [0.25, 0.3) is 82.7 Å². The van der Waals surface area contributed by atoms with Gasteiger partial charge in [0.15, 0.2) is 0 Å². The number of para-hydroxylation sites is 5. The zero-order chi connectivity index (χ0) is 29.5. The molecule has 0 amide bonds. The lowest BCUT2D eigenvalue weighted by Gasteiger charge is -2.14. The SMILES string of the molecule is c1ccc(-n2c(-n3c4ccccc4c4ccc5c6ccc7ccccc7c6n(-c6ccccc6)c5c43)nc3ccccc32)cc1. The zero-order valence-corrected chi connectivity index (χ0v) is 24.3. The van der Waals surface area contributed by atoms with Crippen molar-refractivity contribution in [2.24, 2.45) is 0 Å². The van der Waals surface area contributed by atoms with E-state index in [2.05, 4.69) is 171 Å². The van der Waals surface area contributed by atoms with Crippen molar-refractivity contribution in [2.75, 3.05) is 0 Å². The van der Waals surface area contributed by atoms with Crippen LogP contribution in [0.15, 0.2) is 158 Å². The van der Waals surface area contributed by atoms with E-state index in [1.165, 1.54) is 43.4 Å². The molecular formula is C41H26N4. The highest BCUT2D eigenvalue weighted by Gasteiger charge is 2.25. The van der Waals surface area contributed by atoms with Crippen LogP contribution in [-0.4, -0.2) is 18.7 Å². The average molecular weight is 575 g/mol. The minimum atomic E-state index is 0.871. The summed E-state index contributed by atoms with van der Waals surface area (Å²) in [6.45, 7) is 0. The number of hydrogen-bond donors (Lipinski definition) is 0. The molecule has 4 nitrogen and oxygen atoms in total. The van der Waals surface area contributed by atoms with E-state index in [0.717, 1.165) is 39.4 Å².